The maximum atomic E-state index is 13.8. The van der Waals surface area contributed by atoms with Gasteiger partial charge < -0.3 is 10.6 Å². The summed E-state index contributed by atoms with van der Waals surface area (Å²) in [5, 5.41) is 10.1. The van der Waals surface area contributed by atoms with Gasteiger partial charge >= 0.3 is 0 Å². The second-order valence-corrected chi connectivity index (χ2v) is 4.89. The van der Waals surface area contributed by atoms with Crippen LogP contribution in [0.15, 0.2) is 35.3 Å². The van der Waals surface area contributed by atoms with Gasteiger partial charge in [0.2, 0.25) is 0 Å². The summed E-state index contributed by atoms with van der Waals surface area (Å²) in [5.41, 5.74) is 0.662. The first-order valence-corrected chi connectivity index (χ1v) is 6.88. The van der Waals surface area contributed by atoms with E-state index in [1.54, 1.807) is 18.3 Å². The van der Waals surface area contributed by atoms with Gasteiger partial charge in [-0.2, -0.15) is 5.10 Å². The Bertz CT molecular complexity index is 674. The van der Waals surface area contributed by atoms with E-state index in [1.807, 2.05) is 7.05 Å². The molecule has 0 aliphatic heterocycles. The molecule has 0 atom stereocenters. The van der Waals surface area contributed by atoms with Crippen molar-refractivity contribution in [2.24, 2.45) is 0 Å². The van der Waals surface area contributed by atoms with E-state index in [0.29, 0.717) is 17.8 Å². The van der Waals surface area contributed by atoms with E-state index in [4.69, 9.17) is 11.6 Å². The van der Waals surface area contributed by atoms with Crippen molar-refractivity contribution in [3.8, 4) is 0 Å². The number of nitrogens with one attached hydrogen (secondary N) is 2. The molecule has 0 unspecified atom stereocenters. The van der Waals surface area contributed by atoms with Gasteiger partial charge in [-0.3, -0.25) is 4.79 Å². The Hall–Kier alpha value is -1.92. The highest BCUT2D eigenvalue weighted by molar-refractivity contribution is 6.30. The minimum Gasteiger partial charge on any atom is -0.382 e. The summed E-state index contributed by atoms with van der Waals surface area (Å²) in [4.78, 5) is 12.0. The molecule has 0 saturated carbocycles. The van der Waals surface area contributed by atoms with E-state index in [2.05, 4.69) is 15.7 Å². The molecule has 0 saturated heterocycles. The molecule has 0 bridgehead atoms. The third-order valence-electron chi connectivity index (χ3n) is 2.93. The number of hydrogen-bond donors (Lipinski definition) is 2. The molecule has 112 valence electrons. The maximum absolute atomic E-state index is 13.8. The average Bonchev–Trinajstić information content (AvgIpc) is 2.47. The van der Waals surface area contributed by atoms with Gasteiger partial charge in [-0.05, 0) is 13.1 Å². The molecule has 1 aromatic heterocycles. The first-order chi connectivity index (χ1) is 10.1. The second-order valence-electron chi connectivity index (χ2n) is 4.48. The molecule has 0 aliphatic carbocycles. The maximum Gasteiger partial charge on any atom is 0.269 e. The van der Waals surface area contributed by atoms with Crippen molar-refractivity contribution in [3.05, 3.63) is 57.2 Å². The van der Waals surface area contributed by atoms with Gasteiger partial charge in [-0.1, -0.05) is 23.7 Å². The fourth-order valence-electron chi connectivity index (χ4n) is 1.81. The predicted molar refractivity (Wildman–Crippen MR) is 81.4 cm³/mol. The van der Waals surface area contributed by atoms with Gasteiger partial charge in [-0.15, -0.1) is 0 Å². The van der Waals surface area contributed by atoms with Crippen molar-refractivity contribution in [2.75, 3.05) is 25.5 Å². The quantitative estimate of drug-likeness (QED) is 0.798. The molecule has 0 amide bonds. The Morgan fingerprint density at radius 3 is 2.90 bits per heavy atom. The van der Waals surface area contributed by atoms with Crippen LogP contribution in [0.3, 0.4) is 0 Å². The van der Waals surface area contributed by atoms with Crippen molar-refractivity contribution < 1.29 is 4.39 Å². The number of nitrogens with zero attached hydrogens (tertiary/aromatic N) is 2. The van der Waals surface area contributed by atoms with Crippen LogP contribution >= 0.6 is 11.6 Å². The van der Waals surface area contributed by atoms with Gasteiger partial charge in [0.25, 0.3) is 5.56 Å². The molecular formula is C14H16ClFN4O. The van der Waals surface area contributed by atoms with Crippen LogP contribution in [0, 0.1) is 5.82 Å². The van der Waals surface area contributed by atoms with E-state index in [0.717, 1.165) is 6.54 Å². The number of anilines is 1. The van der Waals surface area contributed by atoms with Crippen LogP contribution in [-0.2, 0) is 6.54 Å². The van der Waals surface area contributed by atoms with Crippen LogP contribution in [0.4, 0.5) is 10.1 Å². The van der Waals surface area contributed by atoms with Gasteiger partial charge in [-0.25, -0.2) is 9.07 Å². The normalized spacial score (nSPS) is 10.6. The van der Waals surface area contributed by atoms with Crippen LogP contribution < -0.4 is 16.2 Å². The molecule has 0 spiro atoms. The van der Waals surface area contributed by atoms with Crippen LogP contribution in [0.2, 0.25) is 5.02 Å². The molecule has 0 radical (unpaired) electrons. The lowest BCUT2D eigenvalue weighted by Crippen LogP contribution is -2.24. The summed E-state index contributed by atoms with van der Waals surface area (Å²) in [6, 6.07) is 6.12. The van der Waals surface area contributed by atoms with E-state index in [9.17, 15) is 9.18 Å². The molecule has 1 aromatic carbocycles. The van der Waals surface area contributed by atoms with Gasteiger partial charge in [0.05, 0.1) is 23.5 Å². The molecule has 1 heterocycles. The summed E-state index contributed by atoms with van der Waals surface area (Å²) in [7, 11) is 1.84. The van der Waals surface area contributed by atoms with Crippen LogP contribution in [0.1, 0.15) is 5.56 Å². The third-order valence-corrected chi connectivity index (χ3v) is 3.22. The molecule has 2 aromatic rings. The van der Waals surface area contributed by atoms with Crippen LogP contribution in [0.25, 0.3) is 0 Å². The second kappa shape index (κ2) is 7.19. The molecule has 0 fully saturated rings. The van der Waals surface area contributed by atoms with E-state index < -0.39 is 5.82 Å². The monoisotopic (exact) mass is 310 g/mol. The summed E-state index contributed by atoms with van der Waals surface area (Å²) in [6.45, 7) is 1.50. The predicted octanol–water partition coefficient (Wildman–Crippen LogP) is 1.72. The molecule has 21 heavy (non-hydrogen) atoms. The van der Waals surface area contributed by atoms with E-state index in [-0.39, 0.29) is 17.1 Å². The first-order valence-electron chi connectivity index (χ1n) is 6.50. The molecule has 2 rings (SSSR count). The molecule has 2 N–H and O–H groups in total. The fourth-order valence-corrected chi connectivity index (χ4v) is 2.01. The number of halogens is 2. The Morgan fingerprint density at radius 1 is 1.38 bits per heavy atom. The topological polar surface area (TPSA) is 59.0 Å². The number of likely N-dealkylation sites (N-methyl/N-ethyl adjacent to an activating group) is 1. The van der Waals surface area contributed by atoms with Crippen molar-refractivity contribution in [3.63, 3.8) is 0 Å². The lowest BCUT2D eigenvalue weighted by Gasteiger charge is -2.09. The van der Waals surface area contributed by atoms with Gasteiger partial charge in [0.15, 0.2) is 0 Å². The molecule has 5 nitrogen and oxygen atoms in total. The number of hydrogen-bond acceptors (Lipinski definition) is 4. The number of benzene rings is 1. The minimum atomic E-state index is -0.524. The SMILES string of the molecule is CNCCNc1cnn(Cc2cccc(Cl)c2F)c(=O)c1. The molecular weight excluding hydrogens is 295 g/mol. The van der Waals surface area contributed by atoms with Crippen molar-refractivity contribution in [1.29, 1.82) is 0 Å². The van der Waals surface area contributed by atoms with Crippen molar-refractivity contribution in [1.82, 2.24) is 15.1 Å². The Labute approximate surface area is 126 Å². The van der Waals surface area contributed by atoms with Gasteiger partial charge in [0, 0.05) is 24.7 Å². The average molecular weight is 311 g/mol. The lowest BCUT2D eigenvalue weighted by atomic mass is 10.2. The number of rotatable bonds is 6. The molecule has 0 aliphatic rings. The minimum absolute atomic E-state index is 0.0332. The zero-order valence-electron chi connectivity index (χ0n) is 11.6. The summed E-state index contributed by atoms with van der Waals surface area (Å²) in [5.74, 6) is -0.524. The van der Waals surface area contributed by atoms with Crippen molar-refractivity contribution >= 4 is 17.3 Å². The highest BCUT2D eigenvalue weighted by atomic mass is 35.5. The van der Waals surface area contributed by atoms with Gasteiger partial charge in [0.1, 0.15) is 5.82 Å². The first kappa shape index (κ1) is 15.5. The number of aromatic nitrogens is 2. The Kier molecular flexibility index (Phi) is 5.30. The Morgan fingerprint density at radius 2 is 2.19 bits per heavy atom. The standard InChI is InChI=1S/C14H16ClFN4O/c1-17-5-6-18-11-7-13(21)20(19-8-11)9-10-3-2-4-12(15)14(10)16/h2-4,7-8,17-18H,5-6,9H2,1H3. The van der Waals surface area contributed by atoms with Crippen LogP contribution in [0.5, 0.6) is 0 Å². The van der Waals surface area contributed by atoms with E-state index >= 15 is 0 Å². The zero-order chi connectivity index (χ0) is 15.2. The molecule has 7 heteroatoms. The lowest BCUT2D eigenvalue weighted by molar-refractivity contribution is 0.573. The van der Waals surface area contributed by atoms with Crippen LogP contribution in [-0.4, -0.2) is 29.9 Å². The largest absolute Gasteiger partial charge is 0.382 e. The summed E-state index contributed by atoms with van der Waals surface area (Å²) in [6.07, 6.45) is 1.54. The smallest absolute Gasteiger partial charge is 0.269 e. The highest BCUT2D eigenvalue weighted by Gasteiger charge is 2.08. The third kappa shape index (κ3) is 4.03. The van der Waals surface area contributed by atoms with E-state index in [1.165, 1.54) is 16.8 Å². The summed E-state index contributed by atoms with van der Waals surface area (Å²) < 4.78 is 15.0. The summed E-state index contributed by atoms with van der Waals surface area (Å²) >= 11 is 5.72. The fraction of sp³-hybridized carbons (Fsp3) is 0.286. The van der Waals surface area contributed by atoms with Crippen molar-refractivity contribution in [2.45, 2.75) is 6.54 Å². The highest BCUT2D eigenvalue weighted by Crippen LogP contribution is 2.18. The zero-order valence-corrected chi connectivity index (χ0v) is 12.3. The Balaban J connectivity index is 2.14.